The molecule has 0 saturated carbocycles. The second-order valence-corrected chi connectivity index (χ2v) is 11.3. The number of alkyl halides is 3. The Morgan fingerprint density at radius 1 is 1.15 bits per heavy atom. The van der Waals surface area contributed by atoms with Crippen LogP contribution in [0.25, 0.3) is 0 Å². The van der Waals surface area contributed by atoms with Gasteiger partial charge in [-0.3, -0.25) is 14.9 Å². The van der Waals surface area contributed by atoms with Crippen LogP contribution in [0, 0.1) is 0 Å². The quantitative estimate of drug-likeness (QED) is 0.340. The van der Waals surface area contributed by atoms with Crippen molar-refractivity contribution in [2.45, 2.75) is 51.9 Å². The molecule has 1 aromatic heterocycles. The largest absolute Gasteiger partial charge is 0.542 e. The third-order valence-corrected chi connectivity index (χ3v) is 7.26. The number of nitrogens with one attached hydrogen (secondary N) is 3. The van der Waals surface area contributed by atoms with Crippen LogP contribution in [0.1, 0.15) is 47.5 Å². The third-order valence-electron chi connectivity index (χ3n) is 5.88. The fourth-order valence-electron chi connectivity index (χ4n) is 4.07. The van der Waals surface area contributed by atoms with Crippen LogP contribution >= 0.6 is 22.9 Å². The standard InChI is InChI=1S/C23H30ClN5O3S.C2HF3O2/c1-14(2)26-19(30)5-4-11-29(3)12-10-17-18(13-29)33-22(20(17)21(25)31)28-23(32)27-16-8-6-15(24)7-9-16;3-2(4,5)1(6)7/h6-9,14H,4-5,10-13H2,1-3H3,(H4-,25,26,27,28,30,31,32);(H,6,7). The molecule has 1 aliphatic rings. The van der Waals surface area contributed by atoms with Gasteiger partial charge in [0.15, 0.2) is 0 Å². The molecule has 220 valence electrons. The Hall–Kier alpha value is -3.36. The fraction of sp³-hybridized carbons (Fsp3) is 0.440. The van der Waals surface area contributed by atoms with E-state index in [1.165, 1.54) is 11.3 Å². The van der Waals surface area contributed by atoms with Gasteiger partial charge in [0, 0.05) is 36.0 Å². The summed E-state index contributed by atoms with van der Waals surface area (Å²) in [7, 11) is 2.16. The van der Waals surface area contributed by atoms with Crippen molar-refractivity contribution in [1.82, 2.24) is 5.32 Å². The molecule has 3 rings (SSSR count). The van der Waals surface area contributed by atoms with Crippen LogP contribution in [0.3, 0.4) is 0 Å². The fourth-order valence-corrected chi connectivity index (χ4v) is 5.61. The number of thiophene rings is 1. The zero-order valence-corrected chi connectivity index (χ0v) is 23.7. The lowest BCUT2D eigenvalue weighted by atomic mass is 10.0. The van der Waals surface area contributed by atoms with Crippen molar-refractivity contribution in [3.8, 4) is 0 Å². The van der Waals surface area contributed by atoms with Crippen molar-refractivity contribution < 1.29 is 41.9 Å². The summed E-state index contributed by atoms with van der Waals surface area (Å²) in [5.74, 6) is -3.48. The van der Waals surface area contributed by atoms with Crippen molar-refractivity contribution in [3.05, 3.63) is 45.3 Å². The minimum atomic E-state index is -5.19. The van der Waals surface area contributed by atoms with Gasteiger partial charge in [0.2, 0.25) is 5.91 Å². The summed E-state index contributed by atoms with van der Waals surface area (Å²) in [5.41, 5.74) is 7.58. The average Bonchev–Trinajstić information content (AvgIpc) is 3.16. The highest BCUT2D eigenvalue weighted by Gasteiger charge is 2.34. The van der Waals surface area contributed by atoms with Gasteiger partial charge in [-0.05, 0) is 43.7 Å². The van der Waals surface area contributed by atoms with Gasteiger partial charge in [-0.25, -0.2) is 4.79 Å². The first-order valence-corrected chi connectivity index (χ1v) is 13.4. The number of carboxylic acids is 1. The Morgan fingerprint density at radius 3 is 2.27 bits per heavy atom. The van der Waals surface area contributed by atoms with E-state index in [-0.39, 0.29) is 11.9 Å². The number of hydrogen-bond donors (Lipinski definition) is 4. The topological polar surface area (TPSA) is 153 Å². The number of aliphatic carboxylic acids is 1. The summed E-state index contributed by atoms with van der Waals surface area (Å²) in [6.07, 6.45) is -3.22. The summed E-state index contributed by atoms with van der Waals surface area (Å²) >= 11 is 7.28. The number of carbonyl (C=O) groups excluding carboxylic acids is 4. The van der Waals surface area contributed by atoms with E-state index >= 15 is 0 Å². The Kier molecular flexibility index (Phi) is 11.3. The maximum atomic E-state index is 12.5. The molecule has 5 N–H and O–H groups in total. The molecule has 2 aromatic rings. The zero-order valence-electron chi connectivity index (χ0n) is 22.1. The highest BCUT2D eigenvalue weighted by Crippen LogP contribution is 2.38. The minimum Gasteiger partial charge on any atom is -0.542 e. The smallest absolute Gasteiger partial charge is 0.430 e. The van der Waals surface area contributed by atoms with Gasteiger partial charge >= 0.3 is 12.2 Å². The van der Waals surface area contributed by atoms with Crippen molar-refractivity contribution in [3.63, 3.8) is 0 Å². The number of fused-ring (bicyclic) bond motifs is 1. The number of amides is 4. The molecule has 0 fully saturated rings. The molecular formula is C25H31ClF3N5O5S. The summed E-state index contributed by atoms with van der Waals surface area (Å²) in [4.78, 5) is 46.5. The van der Waals surface area contributed by atoms with Crippen LogP contribution in [-0.2, 0) is 22.6 Å². The van der Waals surface area contributed by atoms with E-state index in [4.69, 9.17) is 27.2 Å². The lowest BCUT2D eigenvalue weighted by Crippen LogP contribution is -2.48. The molecule has 1 unspecified atom stereocenters. The van der Waals surface area contributed by atoms with Crippen molar-refractivity contribution in [1.29, 1.82) is 0 Å². The predicted molar refractivity (Wildman–Crippen MR) is 144 cm³/mol. The van der Waals surface area contributed by atoms with E-state index in [1.807, 2.05) is 13.8 Å². The number of primary amides is 1. The highest BCUT2D eigenvalue weighted by molar-refractivity contribution is 7.17. The number of halogens is 4. The Labute approximate surface area is 238 Å². The van der Waals surface area contributed by atoms with Crippen molar-refractivity contribution >= 4 is 57.4 Å². The van der Waals surface area contributed by atoms with Crippen LogP contribution in [0.4, 0.5) is 28.7 Å². The normalized spacial score (nSPS) is 16.3. The molecule has 0 aliphatic carbocycles. The maximum Gasteiger partial charge on any atom is 0.430 e. The number of carboxylic acid groups (broad SMARTS) is 1. The number of urea groups is 1. The third kappa shape index (κ3) is 9.99. The molecule has 1 atom stereocenters. The number of carbonyl (C=O) groups is 4. The lowest BCUT2D eigenvalue weighted by molar-refractivity contribution is -0.924. The van der Waals surface area contributed by atoms with Crippen molar-refractivity contribution in [2.75, 3.05) is 30.8 Å². The lowest BCUT2D eigenvalue weighted by Gasteiger charge is -2.37. The minimum absolute atomic E-state index is 0.0691. The number of benzene rings is 1. The summed E-state index contributed by atoms with van der Waals surface area (Å²) in [6.45, 7) is 6.33. The molecule has 2 heterocycles. The molecule has 10 nitrogen and oxygen atoms in total. The molecule has 1 aromatic carbocycles. The van der Waals surface area contributed by atoms with Gasteiger partial charge in [-0.1, -0.05) is 11.6 Å². The van der Waals surface area contributed by atoms with Gasteiger partial charge in [0.25, 0.3) is 5.91 Å². The summed E-state index contributed by atoms with van der Waals surface area (Å²) < 4.78 is 32.3. The van der Waals surface area contributed by atoms with E-state index in [0.29, 0.717) is 34.1 Å². The molecular weight excluding hydrogens is 575 g/mol. The molecule has 0 radical (unpaired) electrons. The maximum absolute atomic E-state index is 12.5. The number of nitrogens with two attached hydrogens (primary N) is 1. The van der Waals surface area contributed by atoms with Gasteiger partial charge < -0.3 is 30.8 Å². The molecule has 40 heavy (non-hydrogen) atoms. The van der Waals surface area contributed by atoms with E-state index in [1.54, 1.807) is 24.3 Å². The van der Waals surface area contributed by atoms with Crippen LogP contribution in [0.2, 0.25) is 5.02 Å². The second-order valence-electron chi connectivity index (χ2n) is 9.74. The van der Waals surface area contributed by atoms with Gasteiger partial charge in [-0.15, -0.1) is 11.3 Å². The summed E-state index contributed by atoms with van der Waals surface area (Å²) in [5, 5.41) is 18.3. The SMILES string of the molecule is CC(C)NC(=O)CCC[N+]1(C)CCc2c(sc(NC(=O)Nc3ccc(Cl)cc3)c2C(N)=O)C1.O=C([O-])C(F)(F)F. The van der Waals surface area contributed by atoms with Crippen LogP contribution in [-0.4, -0.2) is 60.7 Å². The first-order chi connectivity index (χ1) is 18.5. The Bertz CT molecular complexity index is 1240. The number of rotatable bonds is 8. The zero-order chi connectivity index (χ0) is 30.3. The monoisotopic (exact) mass is 605 g/mol. The molecule has 0 saturated heterocycles. The second kappa shape index (κ2) is 13.8. The number of anilines is 2. The molecule has 0 bridgehead atoms. The Morgan fingerprint density at radius 2 is 1.75 bits per heavy atom. The first-order valence-electron chi connectivity index (χ1n) is 12.2. The van der Waals surface area contributed by atoms with E-state index < -0.39 is 24.1 Å². The van der Waals surface area contributed by atoms with Gasteiger partial charge in [-0.2, -0.15) is 13.2 Å². The first kappa shape index (κ1) is 32.8. The molecule has 4 amide bonds. The van der Waals surface area contributed by atoms with Gasteiger partial charge in [0.05, 0.1) is 30.6 Å². The molecule has 1 aliphatic heterocycles. The van der Waals surface area contributed by atoms with Crippen LogP contribution in [0.15, 0.2) is 24.3 Å². The van der Waals surface area contributed by atoms with Crippen molar-refractivity contribution in [2.24, 2.45) is 5.73 Å². The number of hydrogen-bond acceptors (Lipinski definition) is 6. The van der Waals surface area contributed by atoms with E-state index in [0.717, 1.165) is 41.0 Å². The van der Waals surface area contributed by atoms with Gasteiger partial charge in [0.1, 0.15) is 17.5 Å². The van der Waals surface area contributed by atoms with E-state index in [9.17, 15) is 27.6 Å². The number of nitrogens with zero attached hydrogens (tertiary/aromatic N) is 1. The average molecular weight is 606 g/mol. The number of likely N-dealkylation sites (N-methyl/N-ethyl adjacent to an activating group) is 1. The molecule has 15 heteroatoms. The number of quaternary nitrogens is 1. The predicted octanol–water partition coefficient (Wildman–Crippen LogP) is 3.25. The molecule has 0 spiro atoms. The summed E-state index contributed by atoms with van der Waals surface area (Å²) in [6, 6.07) is 6.44. The Balaban J connectivity index is 0.000000708. The van der Waals surface area contributed by atoms with Crippen LogP contribution in [0.5, 0.6) is 0 Å². The van der Waals surface area contributed by atoms with E-state index in [2.05, 4.69) is 23.0 Å². The highest BCUT2D eigenvalue weighted by atomic mass is 35.5. The van der Waals surface area contributed by atoms with Crippen LogP contribution < -0.4 is 26.8 Å².